The Morgan fingerprint density at radius 2 is 1.72 bits per heavy atom. The number of carboxylic acids is 2. The number of carboxylic acid groups (broad SMARTS) is 2. The molecule has 7 nitrogen and oxygen atoms in total. The molecule has 0 amide bonds. The zero-order valence-electron chi connectivity index (χ0n) is 16.1. The van der Waals surface area contributed by atoms with Gasteiger partial charge in [0, 0.05) is 6.54 Å². The summed E-state index contributed by atoms with van der Waals surface area (Å²) < 4.78 is 11.7. The van der Waals surface area contributed by atoms with Gasteiger partial charge in [0.25, 0.3) is 0 Å². The van der Waals surface area contributed by atoms with E-state index >= 15 is 0 Å². The first-order valence-electron chi connectivity index (χ1n) is 8.69. The molecule has 8 heteroatoms. The van der Waals surface area contributed by atoms with Gasteiger partial charge in [0.2, 0.25) is 0 Å². The summed E-state index contributed by atoms with van der Waals surface area (Å²) in [6.07, 6.45) is 2.73. The molecule has 0 aliphatic carbocycles. The van der Waals surface area contributed by atoms with E-state index in [0.29, 0.717) is 6.61 Å². The van der Waals surface area contributed by atoms with Crippen LogP contribution in [0.3, 0.4) is 0 Å². The summed E-state index contributed by atoms with van der Waals surface area (Å²) in [6, 6.07) is 14.3. The number of hydrogen-bond acceptors (Lipinski definition) is 5. The number of carbonyl (C=O) groups is 2. The van der Waals surface area contributed by atoms with E-state index in [9.17, 15) is 0 Å². The highest BCUT2D eigenvalue weighted by Gasteiger charge is 2.04. The van der Waals surface area contributed by atoms with Crippen molar-refractivity contribution in [2.24, 2.45) is 0 Å². The number of hydrogen-bond donors (Lipinski definition) is 3. The summed E-state index contributed by atoms with van der Waals surface area (Å²) in [5, 5.41) is 18.2. The number of ether oxygens (including phenoxy) is 2. The Balaban J connectivity index is 0.000000612. The van der Waals surface area contributed by atoms with Crippen molar-refractivity contribution in [2.75, 3.05) is 20.3 Å². The van der Waals surface area contributed by atoms with Crippen LogP contribution < -0.4 is 14.8 Å². The van der Waals surface area contributed by atoms with Crippen molar-refractivity contribution in [3.8, 4) is 11.5 Å². The van der Waals surface area contributed by atoms with Gasteiger partial charge in [0.05, 0.1) is 11.6 Å². The Kier molecular flexibility index (Phi) is 11.1. The summed E-state index contributed by atoms with van der Waals surface area (Å²) in [5.74, 6) is -1.91. The van der Waals surface area contributed by atoms with Crippen LogP contribution in [0.25, 0.3) is 0 Å². The Morgan fingerprint density at radius 1 is 1.10 bits per heavy atom. The van der Waals surface area contributed by atoms with E-state index in [-0.39, 0.29) is 0 Å². The van der Waals surface area contributed by atoms with Crippen molar-refractivity contribution in [1.29, 1.82) is 0 Å². The van der Waals surface area contributed by atoms with Crippen molar-refractivity contribution < 1.29 is 29.3 Å². The lowest BCUT2D eigenvalue weighted by Gasteiger charge is -2.09. The van der Waals surface area contributed by atoms with Gasteiger partial charge in [-0.2, -0.15) is 0 Å². The molecule has 0 aliphatic heterocycles. The van der Waals surface area contributed by atoms with Crippen LogP contribution in [0.15, 0.2) is 59.6 Å². The van der Waals surface area contributed by atoms with Crippen molar-refractivity contribution in [2.45, 2.75) is 13.0 Å². The fourth-order valence-electron chi connectivity index (χ4n) is 2.18. The van der Waals surface area contributed by atoms with E-state index in [4.69, 9.17) is 29.3 Å². The number of nitrogens with one attached hydrogen (secondary N) is 1. The molecule has 0 bridgehead atoms. The van der Waals surface area contributed by atoms with Gasteiger partial charge in [0.1, 0.15) is 18.1 Å². The number of rotatable bonds is 9. The molecular formula is C21H24BrNO6. The molecule has 0 heterocycles. The Labute approximate surface area is 178 Å². The van der Waals surface area contributed by atoms with Gasteiger partial charge in [-0.3, -0.25) is 0 Å². The van der Waals surface area contributed by atoms with Crippen LogP contribution in [-0.4, -0.2) is 42.4 Å². The molecule has 0 fully saturated rings. The summed E-state index contributed by atoms with van der Waals surface area (Å²) >= 11 is 3.54. The first-order chi connectivity index (χ1) is 13.9. The molecule has 3 N–H and O–H groups in total. The van der Waals surface area contributed by atoms with E-state index < -0.39 is 11.9 Å². The zero-order valence-corrected chi connectivity index (χ0v) is 17.6. The highest BCUT2D eigenvalue weighted by Crippen LogP contribution is 2.26. The predicted molar refractivity (Wildman–Crippen MR) is 114 cm³/mol. The second-order valence-electron chi connectivity index (χ2n) is 5.75. The van der Waals surface area contributed by atoms with Crippen LogP contribution in [0.2, 0.25) is 0 Å². The highest BCUT2D eigenvalue weighted by molar-refractivity contribution is 9.10. The third-order valence-corrected chi connectivity index (χ3v) is 4.23. The normalized spacial score (nSPS) is 9.72. The van der Waals surface area contributed by atoms with E-state index in [1.165, 1.54) is 11.1 Å². The average Bonchev–Trinajstić information content (AvgIpc) is 2.71. The van der Waals surface area contributed by atoms with Crippen molar-refractivity contribution in [3.05, 3.63) is 70.7 Å². The quantitative estimate of drug-likeness (QED) is 0.295. The Bertz CT molecular complexity index is 795. The monoisotopic (exact) mass is 465 g/mol. The summed E-state index contributed by atoms with van der Waals surface area (Å²) in [6.45, 7) is 5.92. The SMILES string of the molecule is C=CCOc1ccc(CNCCc2ccc(OC)cc2)cc1Br.O=C(O)C(=O)O. The second kappa shape index (κ2) is 13.4. The first kappa shape index (κ1) is 24.2. The van der Waals surface area contributed by atoms with Gasteiger partial charge in [-0.05, 0) is 64.3 Å². The van der Waals surface area contributed by atoms with Crippen LogP contribution in [-0.2, 0) is 22.6 Å². The average molecular weight is 466 g/mol. The molecule has 0 atom stereocenters. The maximum atomic E-state index is 9.10. The summed E-state index contributed by atoms with van der Waals surface area (Å²) in [5.41, 5.74) is 2.52. The molecule has 0 spiro atoms. The van der Waals surface area contributed by atoms with Crippen LogP contribution >= 0.6 is 15.9 Å². The van der Waals surface area contributed by atoms with E-state index in [1.54, 1.807) is 13.2 Å². The van der Waals surface area contributed by atoms with Gasteiger partial charge < -0.3 is 25.0 Å². The molecule has 0 unspecified atom stereocenters. The van der Waals surface area contributed by atoms with E-state index in [0.717, 1.165) is 35.5 Å². The Morgan fingerprint density at radius 3 is 2.24 bits per heavy atom. The molecule has 2 rings (SSSR count). The topological polar surface area (TPSA) is 105 Å². The van der Waals surface area contributed by atoms with Crippen molar-refractivity contribution in [1.82, 2.24) is 5.32 Å². The fraction of sp³-hybridized carbons (Fsp3) is 0.238. The van der Waals surface area contributed by atoms with Gasteiger partial charge in [-0.1, -0.05) is 30.9 Å². The Hall–Kier alpha value is -2.84. The molecule has 2 aromatic carbocycles. The van der Waals surface area contributed by atoms with Gasteiger partial charge >= 0.3 is 11.9 Å². The van der Waals surface area contributed by atoms with Gasteiger partial charge in [-0.15, -0.1) is 0 Å². The molecule has 29 heavy (non-hydrogen) atoms. The molecule has 156 valence electrons. The minimum Gasteiger partial charge on any atom is -0.497 e. The molecule has 2 aromatic rings. The number of halogens is 1. The number of methoxy groups -OCH3 is 1. The van der Waals surface area contributed by atoms with E-state index in [2.05, 4.69) is 52.1 Å². The van der Waals surface area contributed by atoms with Gasteiger partial charge in [0.15, 0.2) is 0 Å². The fourth-order valence-corrected chi connectivity index (χ4v) is 2.72. The first-order valence-corrected chi connectivity index (χ1v) is 9.48. The molecule has 0 saturated carbocycles. The lowest BCUT2D eigenvalue weighted by atomic mass is 10.1. The van der Waals surface area contributed by atoms with Crippen LogP contribution in [0.5, 0.6) is 11.5 Å². The standard InChI is InChI=1S/C19H22BrNO2.C2H2O4/c1-3-12-23-19-9-6-16(13-18(19)20)14-21-11-10-15-4-7-17(22-2)8-5-15;3-1(4)2(5)6/h3-9,13,21H,1,10-12,14H2,2H3;(H,3,4)(H,5,6). The third-order valence-electron chi connectivity index (χ3n) is 3.61. The molecular weight excluding hydrogens is 442 g/mol. The smallest absolute Gasteiger partial charge is 0.414 e. The van der Waals surface area contributed by atoms with Crippen LogP contribution in [0, 0.1) is 0 Å². The van der Waals surface area contributed by atoms with E-state index in [1.807, 2.05) is 18.2 Å². The summed E-state index contributed by atoms with van der Waals surface area (Å²) in [7, 11) is 1.68. The van der Waals surface area contributed by atoms with Crippen LogP contribution in [0.4, 0.5) is 0 Å². The minimum absolute atomic E-state index is 0.512. The maximum Gasteiger partial charge on any atom is 0.414 e. The largest absolute Gasteiger partial charge is 0.497 e. The van der Waals surface area contributed by atoms with Gasteiger partial charge in [-0.25, -0.2) is 9.59 Å². The molecule has 0 radical (unpaired) electrons. The van der Waals surface area contributed by atoms with Crippen LogP contribution in [0.1, 0.15) is 11.1 Å². The second-order valence-corrected chi connectivity index (χ2v) is 6.60. The highest BCUT2D eigenvalue weighted by atomic mass is 79.9. The molecule has 0 saturated heterocycles. The summed E-state index contributed by atoms with van der Waals surface area (Å²) in [4.78, 5) is 18.2. The zero-order chi connectivity index (χ0) is 21.6. The maximum absolute atomic E-state index is 9.10. The minimum atomic E-state index is -1.82. The molecule has 0 aromatic heterocycles. The number of aliphatic carboxylic acids is 2. The lowest BCUT2D eigenvalue weighted by Crippen LogP contribution is -2.16. The molecule has 0 aliphatic rings. The third kappa shape index (κ3) is 9.77. The van der Waals surface area contributed by atoms with Crippen molar-refractivity contribution in [3.63, 3.8) is 0 Å². The number of benzene rings is 2. The lowest BCUT2D eigenvalue weighted by molar-refractivity contribution is -0.159. The van der Waals surface area contributed by atoms with Crippen molar-refractivity contribution >= 4 is 27.9 Å². The predicted octanol–water partition coefficient (Wildman–Crippen LogP) is 3.51.